The van der Waals surface area contributed by atoms with Crippen molar-refractivity contribution in [3.05, 3.63) is 66.1 Å². The molecule has 3 aromatic rings. The van der Waals surface area contributed by atoms with Gasteiger partial charge in [0, 0.05) is 23.5 Å². The number of anilines is 4. The number of hydrogen-bond acceptors (Lipinski definition) is 5. The predicted octanol–water partition coefficient (Wildman–Crippen LogP) is 4.42. The Morgan fingerprint density at radius 2 is 1.79 bits per heavy atom. The van der Waals surface area contributed by atoms with Crippen LogP contribution < -0.4 is 15.4 Å². The van der Waals surface area contributed by atoms with Crippen LogP contribution in [0.5, 0.6) is 5.75 Å². The van der Waals surface area contributed by atoms with Crippen LogP contribution in [0.2, 0.25) is 0 Å². The largest absolute Gasteiger partial charge is 0.497 e. The molecule has 0 aliphatic rings. The van der Waals surface area contributed by atoms with Gasteiger partial charge >= 0.3 is 0 Å². The monoisotopic (exact) mass is 324 g/mol. The second-order valence-corrected chi connectivity index (χ2v) is 5.18. The molecule has 0 fully saturated rings. The van der Waals surface area contributed by atoms with Crippen molar-refractivity contribution in [3.63, 3.8) is 0 Å². The molecule has 3 rings (SSSR count). The first-order valence-electron chi connectivity index (χ1n) is 7.42. The summed E-state index contributed by atoms with van der Waals surface area (Å²) in [6.45, 7) is 1.85. The number of aryl methyl sites for hydroxylation is 1. The van der Waals surface area contributed by atoms with E-state index in [1.54, 1.807) is 31.4 Å². The fraction of sp³-hybridized carbons (Fsp3) is 0.111. The van der Waals surface area contributed by atoms with Crippen LogP contribution in [0.3, 0.4) is 0 Å². The second kappa shape index (κ2) is 6.95. The molecule has 0 spiro atoms. The minimum Gasteiger partial charge on any atom is -0.497 e. The number of hydrogen-bond donors (Lipinski definition) is 2. The number of methoxy groups -OCH3 is 1. The van der Waals surface area contributed by atoms with Crippen molar-refractivity contribution in [3.8, 4) is 5.75 Å². The van der Waals surface area contributed by atoms with E-state index in [4.69, 9.17) is 4.74 Å². The first-order chi connectivity index (χ1) is 11.6. The van der Waals surface area contributed by atoms with Crippen molar-refractivity contribution in [1.82, 2.24) is 9.97 Å². The van der Waals surface area contributed by atoms with E-state index in [2.05, 4.69) is 20.6 Å². The van der Waals surface area contributed by atoms with E-state index < -0.39 is 0 Å². The zero-order valence-corrected chi connectivity index (χ0v) is 13.4. The second-order valence-electron chi connectivity index (χ2n) is 5.18. The first kappa shape index (κ1) is 15.7. The lowest BCUT2D eigenvalue weighted by Gasteiger charge is -2.11. The number of ether oxygens (including phenoxy) is 1. The number of para-hydroxylation sites is 1. The maximum Gasteiger partial charge on any atom is 0.229 e. The van der Waals surface area contributed by atoms with Crippen LogP contribution in [0.1, 0.15) is 5.69 Å². The summed E-state index contributed by atoms with van der Waals surface area (Å²) in [5.74, 6) is 1.33. The third-order valence-corrected chi connectivity index (χ3v) is 3.32. The van der Waals surface area contributed by atoms with Gasteiger partial charge in [0.2, 0.25) is 5.95 Å². The Morgan fingerprint density at radius 3 is 2.58 bits per heavy atom. The van der Waals surface area contributed by atoms with Crippen molar-refractivity contribution in [2.75, 3.05) is 17.7 Å². The van der Waals surface area contributed by atoms with Gasteiger partial charge < -0.3 is 15.4 Å². The molecule has 122 valence electrons. The summed E-state index contributed by atoms with van der Waals surface area (Å²) in [6, 6.07) is 15.7. The Morgan fingerprint density at radius 1 is 0.958 bits per heavy atom. The fourth-order valence-electron chi connectivity index (χ4n) is 2.22. The quantitative estimate of drug-likeness (QED) is 0.727. The molecule has 0 radical (unpaired) electrons. The Labute approximate surface area is 139 Å². The Balaban J connectivity index is 1.84. The predicted molar refractivity (Wildman–Crippen MR) is 92.7 cm³/mol. The molecule has 0 amide bonds. The Kier molecular flexibility index (Phi) is 4.56. The molecular weight excluding hydrogens is 307 g/mol. The summed E-state index contributed by atoms with van der Waals surface area (Å²) in [5.41, 5.74) is 1.92. The molecule has 6 heteroatoms. The molecule has 0 saturated heterocycles. The Hall–Kier alpha value is -3.15. The van der Waals surface area contributed by atoms with Crippen LogP contribution in [0, 0.1) is 12.7 Å². The molecule has 1 heterocycles. The van der Waals surface area contributed by atoms with E-state index in [0.29, 0.717) is 17.5 Å². The minimum absolute atomic E-state index is 0.337. The summed E-state index contributed by atoms with van der Waals surface area (Å²) < 4.78 is 19.0. The molecule has 1 aromatic heterocycles. The van der Waals surface area contributed by atoms with Gasteiger partial charge in [-0.15, -0.1) is 0 Å². The van der Waals surface area contributed by atoms with Crippen LogP contribution in [0.4, 0.5) is 27.5 Å². The van der Waals surface area contributed by atoms with E-state index >= 15 is 0 Å². The van der Waals surface area contributed by atoms with Gasteiger partial charge in [0.15, 0.2) is 0 Å². The highest BCUT2D eigenvalue weighted by molar-refractivity contribution is 5.61. The van der Waals surface area contributed by atoms with E-state index in [1.165, 1.54) is 6.07 Å². The highest BCUT2D eigenvalue weighted by Gasteiger charge is 2.06. The summed E-state index contributed by atoms with van der Waals surface area (Å²) in [5, 5.41) is 6.10. The lowest BCUT2D eigenvalue weighted by molar-refractivity contribution is 0.415. The fourth-order valence-corrected chi connectivity index (χ4v) is 2.22. The van der Waals surface area contributed by atoms with Crippen LogP contribution in [0.25, 0.3) is 0 Å². The normalized spacial score (nSPS) is 10.3. The molecule has 0 aliphatic heterocycles. The van der Waals surface area contributed by atoms with Crippen LogP contribution in [-0.2, 0) is 0 Å². The molecule has 0 bridgehead atoms. The molecule has 2 N–H and O–H groups in total. The maximum absolute atomic E-state index is 13.8. The van der Waals surface area contributed by atoms with Crippen molar-refractivity contribution in [1.29, 1.82) is 0 Å². The van der Waals surface area contributed by atoms with Gasteiger partial charge in [-0.25, -0.2) is 9.37 Å². The average Bonchev–Trinajstić information content (AvgIpc) is 2.56. The number of nitrogens with zero attached hydrogens (tertiary/aromatic N) is 2. The smallest absolute Gasteiger partial charge is 0.229 e. The third kappa shape index (κ3) is 3.78. The molecule has 5 nitrogen and oxygen atoms in total. The number of nitrogens with one attached hydrogen (secondary N) is 2. The van der Waals surface area contributed by atoms with Crippen LogP contribution in [-0.4, -0.2) is 17.1 Å². The summed E-state index contributed by atoms with van der Waals surface area (Å²) in [7, 11) is 1.61. The molecule has 0 unspecified atom stereocenters. The first-order valence-corrected chi connectivity index (χ1v) is 7.42. The van der Waals surface area contributed by atoms with Crippen molar-refractivity contribution in [2.45, 2.75) is 6.92 Å². The zero-order valence-electron chi connectivity index (χ0n) is 13.4. The third-order valence-electron chi connectivity index (χ3n) is 3.32. The molecule has 0 aliphatic carbocycles. The van der Waals surface area contributed by atoms with E-state index in [9.17, 15) is 4.39 Å². The number of halogens is 1. The van der Waals surface area contributed by atoms with Crippen LogP contribution in [0.15, 0.2) is 54.6 Å². The molecule has 24 heavy (non-hydrogen) atoms. The van der Waals surface area contributed by atoms with E-state index in [0.717, 1.165) is 17.1 Å². The molecular formula is C18H17FN4O. The van der Waals surface area contributed by atoms with Crippen molar-refractivity contribution < 1.29 is 9.13 Å². The zero-order chi connectivity index (χ0) is 16.9. The summed E-state index contributed by atoms with van der Waals surface area (Å²) in [6.07, 6.45) is 0. The van der Waals surface area contributed by atoms with Gasteiger partial charge in [-0.1, -0.05) is 18.2 Å². The molecule has 0 saturated carbocycles. The number of rotatable bonds is 5. The molecule has 2 aromatic carbocycles. The van der Waals surface area contributed by atoms with Gasteiger partial charge in [-0.05, 0) is 31.2 Å². The Bertz CT molecular complexity index is 854. The van der Waals surface area contributed by atoms with Crippen molar-refractivity contribution >= 4 is 23.1 Å². The standard InChI is InChI=1S/C18H17FN4O/c1-12-10-17(22-16-9-4-3-8-15(16)19)23-18(20-12)21-13-6-5-7-14(11-13)24-2/h3-11H,1-2H3,(H2,20,21,22,23). The lowest BCUT2D eigenvalue weighted by Crippen LogP contribution is -2.03. The van der Waals surface area contributed by atoms with E-state index in [-0.39, 0.29) is 5.82 Å². The highest BCUT2D eigenvalue weighted by atomic mass is 19.1. The summed E-state index contributed by atoms with van der Waals surface area (Å²) in [4.78, 5) is 8.73. The van der Waals surface area contributed by atoms with Gasteiger partial charge in [-0.3, -0.25) is 0 Å². The molecule has 0 atom stereocenters. The van der Waals surface area contributed by atoms with E-state index in [1.807, 2.05) is 31.2 Å². The van der Waals surface area contributed by atoms with Crippen LogP contribution >= 0.6 is 0 Å². The lowest BCUT2D eigenvalue weighted by atomic mass is 10.3. The summed E-state index contributed by atoms with van der Waals surface area (Å²) >= 11 is 0. The minimum atomic E-state index is -0.337. The maximum atomic E-state index is 13.8. The number of aromatic nitrogens is 2. The van der Waals surface area contributed by atoms with Gasteiger partial charge in [0.1, 0.15) is 17.4 Å². The average molecular weight is 324 g/mol. The van der Waals surface area contributed by atoms with Gasteiger partial charge in [0.25, 0.3) is 0 Å². The topological polar surface area (TPSA) is 59.1 Å². The van der Waals surface area contributed by atoms with Crippen molar-refractivity contribution in [2.24, 2.45) is 0 Å². The SMILES string of the molecule is COc1cccc(Nc2nc(C)cc(Nc3ccccc3F)n2)c1. The van der Waals surface area contributed by atoms with Gasteiger partial charge in [-0.2, -0.15) is 4.98 Å². The van der Waals surface area contributed by atoms with Gasteiger partial charge in [0.05, 0.1) is 12.8 Å². The number of benzene rings is 2. The highest BCUT2D eigenvalue weighted by Crippen LogP contribution is 2.22.